The number of hydrogen-bond acceptors (Lipinski definition) is 2. The standard InChI is InChI=1S/C14H13FN2O3/c1-9-5-10(15)7-11(6-9)16-13(18)8-17-4-2-3-12(17)14(19)20/h2-7H,8H2,1H3,(H,16,18)(H,19,20). The molecular formula is C14H13FN2O3. The summed E-state index contributed by atoms with van der Waals surface area (Å²) in [5, 5.41) is 11.5. The Labute approximate surface area is 114 Å². The molecule has 2 N–H and O–H groups in total. The number of carbonyl (C=O) groups is 2. The first-order chi connectivity index (χ1) is 9.45. The summed E-state index contributed by atoms with van der Waals surface area (Å²) < 4.78 is 14.5. The van der Waals surface area contributed by atoms with Crippen molar-refractivity contribution in [3.05, 3.63) is 53.6 Å². The zero-order chi connectivity index (χ0) is 14.7. The molecular weight excluding hydrogens is 263 g/mol. The van der Waals surface area contributed by atoms with Gasteiger partial charge in [0.25, 0.3) is 0 Å². The van der Waals surface area contributed by atoms with Gasteiger partial charge in [-0.25, -0.2) is 9.18 Å². The molecule has 20 heavy (non-hydrogen) atoms. The van der Waals surface area contributed by atoms with E-state index in [9.17, 15) is 14.0 Å². The Balaban J connectivity index is 2.09. The van der Waals surface area contributed by atoms with Crippen molar-refractivity contribution in [1.82, 2.24) is 4.57 Å². The van der Waals surface area contributed by atoms with Gasteiger partial charge in [-0.15, -0.1) is 0 Å². The summed E-state index contributed by atoms with van der Waals surface area (Å²) in [5.74, 6) is -1.97. The lowest BCUT2D eigenvalue weighted by Crippen LogP contribution is -2.20. The van der Waals surface area contributed by atoms with Gasteiger partial charge in [-0.2, -0.15) is 0 Å². The van der Waals surface area contributed by atoms with E-state index in [-0.39, 0.29) is 12.2 Å². The van der Waals surface area contributed by atoms with Crippen LogP contribution in [0.4, 0.5) is 10.1 Å². The molecule has 2 aromatic rings. The maximum atomic E-state index is 13.2. The van der Waals surface area contributed by atoms with E-state index in [0.717, 1.165) is 0 Å². The molecule has 0 saturated carbocycles. The quantitative estimate of drug-likeness (QED) is 0.899. The highest BCUT2D eigenvalue weighted by Crippen LogP contribution is 2.13. The van der Waals surface area contributed by atoms with Crippen LogP contribution in [-0.2, 0) is 11.3 Å². The molecule has 0 saturated heterocycles. The third-order valence-corrected chi connectivity index (χ3v) is 2.69. The van der Waals surface area contributed by atoms with Crippen molar-refractivity contribution in [2.45, 2.75) is 13.5 Å². The van der Waals surface area contributed by atoms with E-state index in [2.05, 4.69) is 5.32 Å². The minimum atomic E-state index is -1.11. The monoisotopic (exact) mass is 276 g/mol. The minimum absolute atomic E-state index is 0.0237. The van der Waals surface area contributed by atoms with Crippen LogP contribution in [0.2, 0.25) is 0 Å². The normalized spacial score (nSPS) is 10.3. The van der Waals surface area contributed by atoms with Crippen LogP contribution in [0.3, 0.4) is 0 Å². The van der Waals surface area contributed by atoms with E-state index in [1.165, 1.54) is 29.0 Å². The summed E-state index contributed by atoms with van der Waals surface area (Å²) in [4.78, 5) is 22.7. The first-order valence-corrected chi connectivity index (χ1v) is 5.91. The Kier molecular flexibility index (Phi) is 3.84. The van der Waals surface area contributed by atoms with Crippen molar-refractivity contribution < 1.29 is 19.1 Å². The van der Waals surface area contributed by atoms with Crippen molar-refractivity contribution in [2.24, 2.45) is 0 Å². The number of aromatic nitrogens is 1. The largest absolute Gasteiger partial charge is 0.477 e. The number of carboxylic acid groups (broad SMARTS) is 1. The van der Waals surface area contributed by atoms with Gasteiger partial charge >= 0.3 is 5.97 Å². The average molecular weight is 276 g/mol. The number of anilines is 1. The van der Waals surface area contributed by atoms with Gasteiger partial charge < -0.3 is 15.0 Å². The summed E-state index contributed by atoms with van der Waals surface area (Å²) in [5.41, 5.74) is 1.06. The second kappa shape index (κ2) is 5.56. The highest BCUT2D eigenvalue weighted by Gasteiger charge is 2.12. The van der Waals surface area contributed by atoms with Gasteiger partial charge in [-0.05, 0) is 42.8 Å². The fraction of sp³-hybridized carbons (Fsp3) is 0.143. The van der Waals surface area contributed by atoms with Gasteiger partial charge in [0.15, 0.2) is 0 Å². The number of halogens is 1. The second-order valence-electron chi connectivity index (χ2n) is 4.39. The topological polar surface area (TPSA) is 71.3 Å². The molecule has 104 valence electrons. The molecule has 2 rings (SSSR count). The Morgan fingerprint density at radius 1 is 1.35 bits per heavy atom. The van der Waals surface area contributed by atoms with E-state index in [4.69, 9.17) is 5.11 Å². The van der Waals surface area contributed by atoms with E-state index in [1.807, 2.05) is 0 Å². The molecule has 0 radical (unpaired) electrons. The van der Waals surface area contributed by atoms with Crippen LogP contribution in [-0.4, -0.2) is 21.6 Å². The molecule has 1 amide bonds. The number of nitrogens with one attached hydrogen (secondary N) is 1. The lowest BCUT2D eigenvalue weighted by atomic mass is 10.2. The summed E-state index contributed by atoms with van der Waals surface area (Å²) in [6, 6.07) is 7.14. The number of amides is 1. The number of carboxylic acids is 1. The summed E-state index contributed by atoms with van der Waals surface area (Å²) >= 11 is 0. The Morgan fingerprint density at radius 2 is 2.10 bits per heavy atom. The molecule has 0 atom stereocenters. The van der Waals surface area contributed by atoms with Crippen LogP contribution in [0.15, 0.2) is 36.5 Å². The van der Waals surface area contributed by atoms with E-state index in [0.29, 0.717) is 11.3 Å². The molecule has 1 heterocycles. The van der Waals surface area contributed by atoms with Gasteiger partial charge in [0.2, 0.25) is 5.91 Å². The number of aromatic carboxylic acids is 1. The maximum absolute atomic E-state index is 13.2. The van der Waals surface area contributed by atoms with Crippen LogP contribution in [0.5, 0.6) is 0 Å². The van der Waals surface area contributed by atoms with Crippen LogP contribution < -0.4 is 5.32 Å². The van der Waals surface area contributed by atoms with Gasteiger partial charge in [-0.1, -0.05) is 0 Å². The number of nitrogens with zero attached hydrogens (tertiary/aromatic N) is 1. The van der Waals surface area contributed by atoms with Crippen molar-refractivity contribution in [3.63, 3.8) is 0 Å². The number of rotatable bonds is 4. The van der Waals surface area contributed by atoms with Gasteiger partial charge in [0.1, 0.15) is 18.1 Å². The minimum Gasteiger partial charge on any atom is -0.477 e. The van der Waals surface area contributed by atoms with E-state index in [1.54, 1.807) is 19.1 Å². The molecule has 6 heteroatoms. The molecule has 0 aliphatic rings. The molecule has 0 spiro atoms. The van der Waals surface area contributed by atoms with Gasteiger partial charge in [0, 0.05) is 11.9 Å². The van der Waals surface area contributed by atoms with Crippen LogP contribution in [0.1, 0.15) is 16.1 Å². The highest BCUT2D eigenvalue weighted by atomic mass is 19.1. The Bertz CT molecular complexity index is 644. The zero-order valence-corrected chi connectivity index (χ0v) is 10.8. The molecule has 0 aliphatic heterocycles. The highest BCUT2D eigenvalue weighted by molar-refractivity contribution is 5.92. The Hall–Kier alpha value is -2.63. The smallest absolute Gasteiger partial charge is 0.352 e. The predicted molar refractivity (Wildman–Crippen MR) is 71.2 cm³/mol. The molecule has 1 aromatic heterocycles. The van der Waals surface area contributed by atoms with E-state index < -0.39 is 17.7 Å². The molecule has 0 fully saturated rings. The van der Waals surface area contributed by atoms with Gasteiger partial charge in [-0.3, -0.25) is 4.79 Å². The third-order valence-electron chi connectivity index (χ3n) is 2.69. The number of hydrogen-bond donors (Lipinski definition) is 2. The van der Waals surface area contributed by atoms with Gasteiger partial charge in [0.05, 0.1) is 0 Å². The number of aryl methyl sites for hydroxylation is 1. The average Bonchev–Trinajstić information content (AvgIpc) is 2.75. The Morgan fingerprint density at radius 3 is 2.75 bits per heavy atom. The molecule has 0 bridgehead atoms. The second-order valence-corrected chi connectivity index (χ2v) is 4.39. The summed E-state index contributed by atoms with van der Waals surface area (Å²) in [6.45, 7) is 1.57. The molecule has 5 nitrogen and oxygen atoms in total. The van der Waals surface area contributed by atoms with Crippen molar-refractivity contribution in [2.75, 3.05) is 5.32 Å². The van der Waals surface area contributed by atoms with Crippen molar-refractivity contribution in [3.8, 4) is 0 Å². The summed E-state index contributed by atoms with van der Waals surface area (Å²) in [7, 11) is 0. The lowest BCUT2D eigenvalue weighted by Gasteiger charge is -2.08. The van der Waals surface area contributed by atoms with Crippen LogP contribution in [0, 0.1) is 12.7 Å². The third kappa shape index (κ3) is 3.23. The number of carbonyl (C=O) groups excluding carboxylic acids is 1. The zero-order valence-electron chi connectivity index (χ0n) is 10.8. The summed E-state index contributed by atoms with van der Waals surface area (Å²) in [6.07, 6.45) is 1.50. The fourth-order valence-electron chi connectivity index (χ4n) is 1.91. The molecule has 0 aliphatic carbocycles. The van der Waals surface area contributed by atoms with E-state index >= 15 is 0 Å². The fourth-order valence-corrected chi connectivity index (χ4v) is 1.91. The SMILES string of the molecule is Cc1cc(F)cc(NC(=O)Cn2cccc2C(=O)O)c1. The van der Waals surface area contributed by atoms with Crippen LogP contribution >= 0.6 is 0 Å². The molecule has 0 unspecified atom stereocenters. The van der Waals surface area contributed by atoms with Crippen molar-refractivity contribution in [1.29, 1.82) is 0 Å². The predicted octanol–water partition coefficient (Wildman–Crippen LogP) is 2.27. The number of benzene rings is 1. The first-order valence-electron chi connectivity index (χ1n) is 5.91. The molecule has 1 aromatic carbocycles. The first kappa shape index (κ1) is 13.8. The van der Waals surface area contributed by atoms with Crippen LogP contribution in [0.25, 0.3) is 0 Å². The lowest BCUT2D eigenvalue weighted by molar-refractivity contribution is -0.116. The maximum Gasteiger partial charge on any atom is 0.352 e. The van der Waals surface area contributed by atoms with Crippen molar-refractivity contribution >= 4 is 17.6 Å².